The number of carbonyl (C=O) groups excluding carboxylic acids is 1. The Morgan fingerprint density at radius 1 is 1.69 bits per heavy atom. The number of hydrogen-bond donors (Lipinski definition) is 1. The van der Waals surface area contributed by atoms with Gasteiger partial charge in [-0.25, -0.2) is 4.79 Å². The first-order valence-electron chi connectivity index (χ1n) is 5.70. The number of nitrogen functional groups attached to an aromatic ring is 1. The third-order valence-corrected chi connectivity index (χ3v) is 2.72. The molecule has 5 heteroatoms. The van der Waals surface area contributed by atoms with E-state index < -0.39 is 5.97 Å². The maximum Gasteiger partial charge on any atom is 0.361 e. The molecule has 0 unspecified atom stereocenters. The minimum atomic E-state index is -0.440. The van der Waals surface area contributed by atoms with Crippen molar-refractivity contribution >= 4 is 11.7 Å². The summed E-state index contributed by atoms with van der Waals surface area (Å²) in [7, 11) is 0. The molecule has 0 atom stereocenters. The zero-order valence-electron chi connectivity index (χ0n) is 9.48. The summed E-state index contributed by atoms with van der Waals surface area (Å²) >= 11 is 0. The van der Waals surface area contributed by atoms with Crippen LogP contribution in [0.4, 0.5) is 5.69 Å². The average molecular weight is 223 g/mol. The van der Waals surface area contributed by atoms with Crippen molar-refractivity contribution in [1.29, 1.82) is 0 Å². The number of aryl methyl sites for hydroxylation is 1. The number of rotatable bonds is 5. The normalized spacial score (nSPS) is 15.1. The number of ether oxygens (including phenoxy) is 1. The van der Waals surface area contributed by atoms with Gasteiger partial charge in [-0.15, -0.1) is 0 Å². The monoisotopic (exact) mass is 223 g/mol. The van der Waals surface area contributed by atoms with E-state index in [2.05, 4.69) is 5.10 Å². The fourth-order valence-electron chi connectivity index (χ4n) is 1.63. The van der Waals surface area contributed by atoms with Gasteiger partial charge in [-0.1, -0.05) is 12.8 Å². The third-order valence-electron chi connectivity index (χ3n) is 2.72. The van der Waals surface area contributed by atoms with Gasteiger partial charge in [-0.05, 0) is 19.3 Å². The minimum Gasteiger partial charge on any atom is -0.461 e. The van der Waals surface area contributed by atoms with Crippen LogP contribution >= 0.6 is 0 Å². The lowest BCUT2D eigenvalue weighted by atomic mass is 10.3. The molecule has 0 bridgehead atoms. The quantitative estimate of drug-likeness (QED) is 0.767. The number of esters is 1. The molecule has 1 aliphatic rings. The van der Waals surface area contributed by atoms with E-state index in [-0.39, 0.29) is 5.69 Å². The second-order valence-electron chi connectivity index (χ2n) is 4.15. The van der Waals surface area contributed by atoms with Gasteiger partial charge >= 0.3 is 5.97 Å². The second-order valence-corrected chi connectivity index (χ2v) is 4.15. The van der Waals surface area contributed by atoms with Gasteiger partial charge in [-0.3, -0.25) is 4.68 Å². The standard InChI is InChI=1S/C11H17N3O2/c1-2-16-11(15)10-9(12)7-14(13-10)6-5-8-3-4-8/h7-8H,2-6,12H2,1H3. The fourth-order valence-corrected chi connectivity index (χ4v) is 1.63. The largest absolute Gasteiger partial charge is 0.461 e. The summed E-state index contributed by atoms with van der Waals surface area (Å²) in [4.78, 5) is 11.5. The highest BCUT2D eigenvalue weighted by Crippen LogP contribution is 2.32. The van der Waals surface area contributed by atoms with E-state index in [1.165, 1.54) is 12.8 Å². The van der Waals surface area contributed by atoms with Gasteiger partial charge in [0.1, 0.15) is 0 Å². The molecule has 1 saturated carbocycles. The van der Waals surface area contributed by atoms with Gasteiger partial charge < -0.3 is 10.5 Å². The molecule has 0 saturated heterocycles. The molecule has 0 spiro atoms. The average Bonchev–Trinajstić information content (AvgIpc) is 3.00. The molecule has 1 fully saturated rings. The Balaban J connectivity index is 1.98. The van der Waals surface area contributed by atoms with E-state index in [0.29, 0.717) is 12.3 Å². The fraction of sp³-hybridized carbons (Fsp3) is 0.636. The van der Waals surface area contributed by atoms with Crippen LogP contribution in [-0.2, 0) is 11.3 Å². The summed E-state index contributed by atoms with van der Waals surface area (Å²) < 4.78 is 6.60. The van der Waals surface area contributed by atoms with E-state index in [1.54, 1.807) is 17.8 Å². The molecule has 0 amide bonds. The molecule has 2 N–H and O–H groups in total. The molecule has 1 heterocycles. The van der Waals surface area contributed by atoms with Crippen LogP contribution in [0.3, 0.4) is 0 Å². The van der Waals surface area contributed by atoms with Gasteiger partial charge in [0.25, 0.3) is 0 Å². The highest BCUT2D eigenvalue weighted by atomic mass is 16.5. The lowest BCUT2D eigenvalue weighted by Crippen LogP contribution is -2.09. The summed E-state index contributed by atoms with van der Waals surface area (Å²) in [5, 5.41) is 4.15. The van der Waals surface area contributed by atoms with Crippen LogP contribution in [0.2, 0.25) is 0 Å². The number of nitrogens with zero attached hydrogens (tertiary/aromatic N) is 2. The molecule has 0 radical (unpaired) electrons. The van der Waals surface area contributed by atoms with Crippen LogP contribution in [0.1, 0.15) is 36.7 Å². The zero-order valence-corrected chi connectivity index (χ0v) is 9.48. The number of nitrogens with two attached hydrogens (primary N) is 1. The summed E-state index contributed by atoms with van der Waals surface area (Å²) in [6.45, 7) is 2.93. The first-order valence-corrected chi connectivity index (χ1v) is 5.70. The van der Waals surface area contributed by atoms with E-state index in [0.717, 1.165) is 18.9 Å². The molecule has 2 rings (SSSR count). The summed E-state index contributed by atoms with van der Waals surface area (Å²) in [6, 6.07) is 0. The Labute approximate surface area is 94.6 Å². The minimum absolute atomic E-state index is 0.234. The van der Waals surface area contributed by atoms with E-state index in [4.69, 9.17) is 10.5 Å². The van der Waals surface area contributed by atoms with E-state index >= 15 is 0 Å². The van der Waals surface area contributed by atoms with Crippen molar-refractivity contribution in [3.63, 3.8) is 0 Å². The summed E-state index contributed by atoms with van der Waals surface area (Å²) in [5.41, 5.74) is 6.34. The molecular formula is C11H17N3O2. The Bertz CT molecular complexity index is 383. The predicted octanol–water partition coefficient (Wildman–Crippen LogP) is 1.44. The van der Waals surface area contributed by atoms with Crippen molar-refractivity contribution in [3.05, 3.63) is 11.9 Å². The Kier molecular flexibility index (Phi) is 3.12. The van der Waals surface area contributed by atoms with Crippen LogP contribution in [0.5, 0.6) is 0 Å². The van der Waals surface area contributed by atoms with Gasteiger partial charge in [-0.2, -0.15) is 5.10 Å². The van der Waals surface area contributed by atoms with Crippen LogP contribution in [0.25, 0.3) is 0 Å². The highest BCUT2D eigenvalue weighted by molar-refractivity contribution is 5.92. The van der Waals surface area contributed by atoms with Gasteiger partial charge in [0.2, 0.25) is 0 Å². The van der Waals surface area contributed by atoms with Gasteiger partial charge in [0.15, 0.2) is 5.69 Å². The van der Waals surface area contributed by atoms with Gasteiger partial charge in [0, 0.05) is 12.7 Å². The van der Waals surface area contributed by atoms with Crippen molar-refractivity contribution < 1.29 is 9.53 Å². The van der Waals surface area contributed by atoms with Crippen molar-refractivity contribution in [2.24, 2.45) is 5.92 Å². The Morgan fingerprint density at radius 2 is 2.44 bits per heavy atom. The topological polar surface area (TPSA) is 70.1 Å². The summed E-state index contributed by atoms with van der Waals surface area (Å²) in [6.07, 6.45) is 5.46. The molecule has 88 valence electrons. The molecule has 1 aromatic heterocycles. The molecule has 5 nitrogen and oxygen atoms in total. The number of hydrogen-bond acceptors (Lipinski definition) is 4. The van der Waals surface area contributed by atoms with Gasteiger partial charge in [0.05, 0.1) is 12.3 Å². The molecule has 1 aliphatic carbocycles. The predicted molar refractivity (Wildman–Crippen MR) is 59.9 cm³/mol. The summed E-state index contributed by atoms with van der Waals surface area (Å²) in [5.74, 6) is 0.404. The SMILES string of the molecule is CCOC(=O)c1nn(CCC2CC2)cc1N. The maximum absolute atomic E-state index is 11.5. The second kappa shape index (κ2) is 4.55. The van der Waals surface area contributed by atoms with Crippen molar-refractivity contribution in [2.75, 3.05) is 12.3 Å². The molecular weight excluding hydrogens is 206 g/mol. The van der Waals surface area contributed by atoms with E-state index in [9.17, 15) is 4.79 Å². The smallest absolute Gasteiger partial charge is 0.361 e. The lowest BCUT2D eigenvalue weighted by molar-refractivity contribution is 0.0519. The van der Waals surface area contributed by atoms with Crippen LogP contribution in [0, 0.1) is 5.92 Å². The zero-order chi connectivity index (χ0) is 11.5. The number of aromatic nitrogens is 2. The van der Waals surface area contributed by atoms with Crippen LogP contribution in [-0.4, -0.2) is 22.4 Å². The first kappa shape index (κ1) is 11.0. The highest BCUT2D eigenvalue weighted by Gasteiger charge is 2.22. The van der Waals surface area contributed by atoms with Crippen LogP contribution in [0.15, 0.2) is 6.20 Å². The number of anilines is 1. The van der Waals surface area contributed by atoms with Crippen molar-refractivity contribution in [1.82, 2.24) is 9.78 Å². The van der Waals surface area contributed by atoms with Crippen molar-refractivity contribution in [3.8, 4) is 0 Å². The molecule has 0 aromatic carbocycles. The third kappa shape index (κ3) is 2.53. The van der Waals surface area contributed by atoms with E-state index in [1.807, 2.05) is 0 Å². The van der Waals surface area contributed by atoms with Crippen LogP contribution < -0.4 is 5.73 Å². The molecule has 1 aromatic rings. The van der Waals surface area contributed by atoms with Crippen molar-refractivity contribution in [2.45, 2.75) is 32.7 Å². The number of carbonyl (C=O) groups is 1. The molecule has 16 heavy (non-hydrogen) atoms. The lowest BCUT2D eigenvalue weighted by Gasteiger charge is -1.99. The maximum atomic E-state index is 11.5. The molecule has 0 aliphatic heterocycles. The Hall–Kier alpha value is -1.52. The first-order chi connectivity index (χ1) is 7.70. The Morgan fingerprint density at radius 3 is 3.06 bits per heavy atom.